The third-order valence-electron chi connectivity index (χ3n) is 3.58. The first-order valence-electron chi connectivity index (χ1n) is 7.63. The first kappa shape index (κ1) is 18.9. The maximum atomic E-state index is 12.2. The maximum Gasteiger partial charge on any atom is 0.262 e. The van der Waals surface area contributed by atoms with E-state index in [1.807, 2.05) is 26.0 Å². The molecule has 0 aliphatic carbocycles. The number of carbonyl (C=O) groups excluding carboxylic acids is 1. The molecule has 9 heteroatoms. The van der Waals surface area contributed by atoms with Crippen molar-refractivity contribution in [2.45, 2.75) is 13.8 Å². The van der Waals surface area contributed by atoms with Gasteiger partial charge in [0.25, 0.3) is 5.91 Å². The number of nitrogens with two attached hydrogens (primary N) is 1. The SMILES string of the molecule is Cc1cc(C)c(OCC(=O)Nc2cc(Cl)c3nc(NN)sc3c2)c(Br)c1. The fourth-order valence-electron chi connectivity index (χ4n) is 2.54. The van der Waals surface area contributed by atoms with E-state index in [1.165, 1.54) is 11.3 Å². The smallest absolute Gasteiger partial charge is 0.262 e. The van der Waals surface area contributed by atoms with Crippen LogP contribution >= 0.6 is 38.9 Å². The van der Waals surface area contributed by atoms with Gasteiger partial charge in [-0.15, -0.1) is 0 Å². The van der Waals surface area contributed by atoms with Crippen molar-refractivity contribution in [1.29, 1.82) is 0 Å². The average molecular weight is 456 g/mol. The lowest BCUT2D eigenvalue weighted by molar-refractivity contribution is -0.118. The van der Waals surface area contributed by atoms with Gasteiger partial charge < -0.3 is 10.1 Å². The maximum absolute atomic E-state index is 12.2. The summed E-state index contributed by atoms with van der Waals surface area (Å²) in [7, 11) is 0. The van der Waals surface area contributed by atoms with Gasteiger partial charge in [-0.2, -0.15) is 0 Å². The predicted octanol–water partition coefficient (Wildman–Crippen LogP) is 4.63. The second-order valence-electron chi connectivity index (χ2n) is 5.70. The van der Waals surface area contributed by atoms with E-state index < -0.39 is 0 Å². The van der Waals surface area contributed by atoms with Crippen LogP contribution < -0.4 is 21.3 Å². The second-order valence-corrected chi connectivity index (χ2v) is 7.99. The minimum atomic E-state index is -0.283. The van der Waals surface area contributed by atoms with E-state index in [4.69, 9.17) is 22.2 Å². The lowest BCUT2D eigenvalue weighted by Gasteiger charge is -2.12. The molecule has 0 unspecified atom stereocenters. The molecule has 6 nitrogen and oxygen atoms in total. The van der Waals surface area contributed by atoms with Crippen molar-refractivity contribution in [3.05, 3.63) is 44.9 Å². The Hall–Kier alpha value is -1.87. The van der Waals surface area contributed by atoms with E-state index in [0.717, 1.165) is 20.3 Å². The molecule has 136 valence electrons. The summed E-state index contributed by atoms with van der Waals surface area (Å²) >= 11 is 11.0. The predicted molar refractivity (Wildman–Crippen MR) is 110 cm³/mol. The monoisotopic (exact) mass is 454 g/mol. The van der Waals surface area contributed by atoms with Gasteiger partial charge in [-0.05, 0) is 59.1 Å². The van der Waals surface area contributed by atoms with Gasteiger partial charge in [0, 0.05) is 5.69 Å². The lowest BCUT2D eigenvalue weighted by atomic mass is 10.1. The molecule has 0 atom stereocenters. The van der Waals surface area contributed by atoms with Crippen molar-refractivity contribution < 1.29 is 9.53 Å². The minimum absolute atomic E-state index is 0.115. The summed E-state index contributed by atoms with van der Waals surface area (Å²) in [6.45, 7) is 3.82. The van der Waals surface area contributed by atoms with Crippen LogP contribution in [0.15, 0.2) is 28.7 Å². The molecule has 2 aromatic carbocycles. The summed E-state index contributed by atoms with van der Waals surface area (Å²) in [5, 5.41) is 3.77. The Balaban J connectivity index is 1.71. The van der Waals surface area contributed by atoms with Crippen molar-refractivity contribution in [3.8, 4) is 5.75 Å². The molecule has 0 bridgehead atoms. The lowest BCUT2D eigenvalue weighted by Crippen LogP contribution is -2.20. The Morgan fingerprint density at radius 3 is 2.81 bits per heavy atom. The number of nitrogens with one attached hydrogen (secondary N) is 2. The number of fused-ring (bicyclic) bond motifs is 1. The van der Waals surface area contributed by atoms with Gasteiger partial charge in [-0.1, -0.05) is 29.0 Å². The third kappa shape index (κ3) is 4.09. The number of aryl methyl sites for hydroxylation is 2. The number of benzene rings is 2. The highest BCUT2D eigenvalue weighted by atomic mass is 79.9. The number of amides is 1. The first-order chi connectivity index (χ1) is 12.4. The number of nitrogens with zero attached hydrogens (tertiary/aromatic N) is 1. The fraction of sp³-hybridized carbons (Fsp3) is 0.176. The number of hydrogen-bond acceptors (Lipinski definition) is 6. The summed E-state index contributed by atoms with van der Waals surface area (Å²) < 4.78 is 7.30. The number of rotatable bonds is 5. The summed E-state index contributed by atoms with van der Waals surface area (Å²) in [5.74, 6) is 5.75. The van der Waals surface area contributed by atoms with Crippen LogP contribution in [-0.4, -0.2) is 17.5 Å². The standard InChI is InChI=1S/C17H16BrClN4O2S/c1-8-3-9(2)16(11(18)4-8)25-7-14(24)21-10-5-12(19)15-13(6-10)26-17(22-15)23-20/h3-6H,7,20H2,1-2H3,(H,21,24)(H,22,23). The molecule has 0 saturated heterocycles. The normalized spacial score (nSPS) is 10.8. The quantitative estimate of drug-likeness (QED) is 0.385. The zero-order valence-corrected chi connectivity index (χ0v) is 17.2. The van der Waals surface area contributed by atoms with E-state index in [9.17, 15) is 4.79 Å². The summed E-state index contributed by atoms with van der Waals surface area (Å²) in [6.07, 6.45) is 0. The molecule has 3 rings (SSSR count). The molecule has 0 spiro atoms. The Morgan fingerprint density at radius 1 is 1.35 bits per heavy atom. The molecule has 3 aromatic rings. The van der Waals surface area contributed by atoms with Crippen LogP contribution in [0.5, 0.6) is 5.75 Å². The van der Waals surface area contributed by atoms with Gasteiger partial charge in [0.2, 0.25) is 0 Å². The van der Waals surface area contributed by atoms with Crippen molar-refractivity contribution in [2.75, 3.05) is 17.3 Å². The molecule has 0 saturated carbocycles. The summed E-state index contributed by atoms with van der Waals surface area (Å²) in [4.78, 5) is 16.5. The fourth-order valence-corrected chi connectivity index (χ4v) is 4.49. The van der Waals surface area contributed by atoms with Gasteiger partial charge >= 0.3 is 0 Å². The summed E-state index contributed by atoms with van der Waals surface area (Å²) in [6, 6.07) is 7.39. The molecule has 1 aromatic heterocycles. The highest BCUT2D eigenvalue weighted by molar-refractivity contribution is 9.10. The van der Waals surface area contributed by atoms with Crippen LogP contribution in [0.1, 0.15) is 11.1 Å². The molecular weight excluding hydrogens is 440 g/mol. The molecule has 0 fully saturated rings. The van der Waals surface area contributed by atoms with Crippen LogP contribution in [0.25, 0.3) is 10.2 Å². The third-order valence-corrected chi connectivity index (χ3v) is 5.39. The Labute approximate surface area is 167 Å². The highest BCUT2D eigenvalue weighted by Crippen LogP contribution is 2.34. The van der Waals surface area contributed by atoms with E-state index in [0.29, 0.717) is 27.1 Å². The molecule has 26 heavy (non-hydrogen) atoms. The van der Waals surface area contributed by atoms with E-state index in [1.54, 1.807) is 12.1 Å². The van der Waals surface area contributed by atoms with Crippen LogP contribution in [0.3, 0.4) is 0 Å². The molecule has 1 heterocycles. The molecule has 0 radical (unpaired) electrons. The number of anilines is 2. The highest BCUT2D eigenvalue weighted by Gasteiger charge is 2.12. The van der Waals surface area contributed by atoms with Crippen molar-refractivity contribution >= 4 is 65.8 Å². The molecule has 0 aliphatic rings. The zero-order chi connectivity index (χ0) is 18.8. The number of ether oxygens (including phenoxy) is 1. The number of thiazole rings is 1. The average Bonchev–Trinajstić information content (AvgIpc) is 2.97. The number of halogens is 2. The molecule has 4 N–H and O–H groups in total. The Bertz CT molecular complexity index is 969. The second kappa shape index (κ2) is 7.79. The van der Waals surface area contributed by atoms with Crippen LogP contribution in [0.2, 0.25) is 5.02 Å². The van der Waals surface area contributed by atoms with Crippen molar-refractivity contribution in [1.82, 2.24) is 4.98 Å². The number of hydrazine groups is 1. The minimum Gasteiger partial charge on any atom is -0.482 e. The first-order valence-corrected chi connectivity index (χ1v) is 9.62. The zero-order valence-electron chi connectivity index (χ0n) is 14.0. The largest absolute Gasteiger partial charge is 0.482 e. The molecule has 0 aliphatic heterocycles. The summed E-state index contributed by atoms with van der Waals surface area (Å²) in [5.41, 5.74) is 5.78. The van der Waals surface area contributed by atoms with Gasteiger partial charge in [-0.3, -0.25) is 10.2 Å². The number of carbonyl (C=O) groups is 1. The Kier molecular flexibility index (Phi) is 5.67. The van der Waals surface area contributed by atoms with Crippen molar-refractivity contribution in [3.63, 3.8) is 0 Å². The van der Waals surface area contributed by atoms with Crippen LogP contribution in [0.4, 0.5) is 10.8 Å². The van der Waals surface area contributed by atoms with Gasteiger partial charge in [0.15, 0.2) is 11.7 Å². The molecule has 1 amide bonds. The topological polar surface area (TPSA) is 89.3 Å². The van der Waals surface area contributed by atoms with E-state index >= 15 is 0 Å². The Morgan fingerprint density at radius 2 is 2.12 bits per heavy atom. The number of nitrogen functional groups attached to an aromatic ring is 1. The van der Waals surface area contributed by atoms with Gasteiger partial charge in [-0.25, -0.2) is 10.8 Å². The van der Waals surface area contributed by atoms with Crippen LogP contribution in [-0.2, 0) is 4.79 Å². The number of hydrogen-bond donors (Lipinski definition) is 3. The van der Waals surface area contributed by atoms with Gasteiger partial charge in [0.1, 0.15) is 11.3 Å². The van der Waals surface area contributed by atoms with Crippen LogP contribution in [0, 0.1) is 13.8 Å². The van der Waals surface area contributed by atoms with Crippen molar-refractivity contribution in [2.24, 2.45) is 5.84 Å². The van der Waals surface area contributed by atoms with E-state index in [-0.39, 0.29) is 12.5 Å². The molecular formula is C17H16BrClN4O2S. The van der Waals surface area contributed by atoms with E-state index in [2.05, 4.69) is 31.7 Å². The van der Waals surface area contributed by atoms with Gasteiger partial charge in [0.05, 0.1) is 14.2 Å². The number of aromatic nitrogens is 1.